The minimum Gasteiger partial charge on any atom is -0.480 e. The molecule has 0 unspecified atom stereocenters. The molecule has 1 aliphatic carbocycles. The molecule has 9 heteroatoms. The zero-order valence-corrected chi connectivity index (χ0v) is 24.6. The highest BCUT2D eigenvalue weighted by molar-refractivity contribution is 5.98. The maximum Gasteiger partial charge on any atom is 0.251 e. The number of rotatable bonds is 10. The minimum atomic E-state index is -0.108. The number of benzene rings is 1. The predicted molar refractivity (Wildman–Crippen MR) is 158 cm³/mol. The highest BCUT2D eigenvalue weighted by atomic mass is 16.5. The lowest BCUT2D eigenvalue weighted by Crippen LogP contribution is -2.42. The van der Waals surface area contributed by atoms with Gasteiger partial charge in [-0.05, 0) is 76.9 Å². The number of morpholine rings is 1. The van der Waals surface area contributed by atoms with Crippen LogP contribution in [0, 0.1) is 6.92 Å². The average Bonchev–Trinajstić information content (AvgIpc) is 3.28. The largest absolute Gasteiger partial charge is 0.480 e. The van der Waals surface area contributed by atoms with E-state index in [1.54, 1.807) is 7.11 Å². The van der Waals surface area contributed by atoms with Gasteiger partial charge in [0.05, 0.1) is 32.4 Å². The van der Waals surface area contributed by atoms with E-state index in [1.807, 2.05) is 23.9 Å². The van der Waals surface area contributed by atoms with Crippen molar-refractivity contribution >= 4 is 23.5 Å². The number of amides is 1. The Morgan fingerprint density at radius 2 is 1.87 bits per heavy atom. The van der Waals surface area contributed by atoms with Gasteiger partial charge in [-0.15, -0.1) is 5.10 Å². The second-order valence-corrected chi connectivity index (χ2v) is 10.8. The molecule has 0 bridgehead atoms. The van der Waals surface area contributed by atoms with Crippen molar-refractivity contribution in [3.63, 3.8) is 0 Å². The summed E-state index contributed by atoms with van der Waals surface area (Å²) in [7, 11) is 7.88. The fraction of sp³-hybridized carbons (Fsp3) is 0.600. The highest BCUT2D eigenvalue weighted by Crippen LogP contribution is 2.34. The van der Waals surface area contributed by atoms with Gasteiger partial charge in [-0.1, -0.05) is 12.7 Å². The number of carbonyl (C=O) groups is 1. The van der Waals surface area contributed by atoms with Gasteiger partial charge < -0.3 is 29.5 Å². The van der Waals surface area contributed by atoms with Crippen molar-refractivity contribution in [1.82, 2.24) is 20.0 Å². The molecule has 1 N–H and O–H groups in total. The van der Waals surface area contributed by atoms with E-state index in [4.69, 9.17) is 9.47 Å². The predicted octanol–water partition coefficient (Wildman–Crippen LogP) is 3.85. The molecule has 4 rings (SSSR count). The lowest BCUT2D eigenvalue weighted by molar-refractivity contribution is 0.0949. The number of methoxy groups -OCH3 is 1. The first kappa shape index (κ1) is 29.0. The van der Waals surface area contributed by atoms with Crippen LogP contribution in [0.4, 0.5) is 11.5 Å². The van der Waals surface area contributed by atoms with Gasteiger partial charge >= 0.3 is 0 Å². The third kappa shape index (κ3) is 6.25. The molecule has 2 heterocycles. The Bertz CT molecular complexity index is 1150. The van der Waals surface area contributed by atoms with Crippen LogP contribution in [0.25, 0.3) is 6.08 Å². The van der Waals surface area contributed by atoms with E-state index >= 15 is 0 Å². The van der Waals surface area contributed by atoms with Crippen LogP contribution in [0.5, 0.6) is 5.88 Å². The van der Waals surface area contributed by atoms with Crippen molar-refractivity contribution in [3.05, 3.63) is 41.0 Å². The van der Waals surface area contributed by atoms with Gasteiger partial charge in [-0.25, -0.2) is 4.68 Å². The first-order valence-corrected chi connectivity index (χ1v) is 14.2. The van der Waals surface area contributed by atoms with Crippen molar-refractivity contribution in [2.75, 3.05) is 63.9 Å². The summed E-state index contributed by atoms with van der Waals surface area (Å²) in [5, 5.41) is 7.72. The molecule has 2 aromatic rings. The molecule has 39 heavy (non-hydrogen) atoms. The van der Waals surface area contributed by atoms with E-state index in [0.29, 0.717) is 43.3 Å². The number of nitrogens with one attached hydrogen (secondary N) is 1. The van der Waals surface area contributed by atoms with E-state index in [1.165, 1.54) is 12.8 Å². The fourth-order valence-electron chi connectivity index (χ4n) is 6.17. The van der Waals surface area contributed by atoms with Crippen LogP contribution in [-0.4, -0.2) is 86.7 Å². The number of anilines is 2. The number of carbonyl (C=O) groups excluding carboxylic acids is 1. The molecular formula is C30H46N6O3. The molecule has 2 fully saturated rings. The summed E-state index contributed by atoms with van der Waals surface area (Å²) in [6, 6.07) is 5.24. The first-order chi connectivity index (χ1) is 18.8. The van der Waals surface area contributed by atoms with E-state index in [0.717, 1.165) is 60.7 Å². The van der Waals surface area contributed by atoms with Crippen LogP contribution < -0.4 is 19.9 Å². The van der Waals surface area contributed by atoms with E-state index in [2.05, 4.69) is 65.7 Å². The Kier molecular flexibility index (Phi) is 9.56. The quantitative estimate of drug-likeness (QED) is 0.493. The summed E-state index contributed by atoms with van der Waals surface area (Å²) in [5.74, 6) is 1.38. The molecule has 1 aliphatic heterocycles. The normalized spacial score (nSPS) is 19.7. The molecule has 9 nitrogen and oxygen atoms in total. The van der Waals surface area contributed by atoms with Crippen LogP contribution in [-0.2, 0) is 18.3 Å². The Hall–Kier alpha value is -3.04. The second-order valence-electron chi connectivity index (χ2n) is 10.8. The molecule has 1 aromatic carbocycles. The maximum absolute atomic E-state index is 13.7. The van der Waals surface area contributed by atoms with E-state index in [-0.39, 0.29) is 5.91 Å². The van der Waals surface area contributed by atoms with Gasteiger partial charge in [0.15, 0.2) is 0 Å². The number of hydrogen-bond acceptors (Lipinski definition) is 7. The lowest BCUT2D eigenvalue weighted by atomic mass is 9.88. The smallest absolute Gasteiger partial charge is 0.251 e. The summed E-state index contributed by atoms with van der Waals surface area (Å²) >= 11 is 0. The molecular weight excluding hydrogens is 492 g/mol. The van der Waals surface area contributed by atoms with Crippen LogP contribution in [0.1, 0.15) is 59.7 Å². The summed E-state index contributed by atoms with van der Waals surface area (Å²) in [6.45, 7) is 12.4. The van der Waals surface area contributed by atoms with Crippen LogP contribution in [0.2, 0.25) is 0 Å². The average molecular weight is 539 g/mol. The summed E-state index contributed by atoms with van der Waals surface area (Å²) < 4.78 is 13.0. The highest BCUT2D eigenvalue weighted by Gasteiger charge is 2.29. The first-order valence-electron chi connectivity index (χ1n) is 14.2. The van der Waals surface area contributed by atoms with Gasteiger partial charge in [0.25, 0.3) is 5.91 Å². The molecule has 1 saturated heterocycles. The van der Waals surface area contributed by atoms with Crippen molar-refractivity contribution in [2.45, 2.75) is 58.2 Å². The molecule has 0 atom stereocenters. The second kappa shape index (κ2) is 12.9. The SMILES string of the molecule is C=Cc1cc(C(=O)NCc2c(OC)nn(C)c2N2CCOCC2)c(C)c(N(CC)[C@H]2CC[C@H](N(C)C)CC2)c1. The summed E-state index contributed by atoms with van der Waals surface area (Å²) in [4.78, 5) is 20.8. The van der Waals surface area contributed by atoms with E-state index in [9.17, 15) is 4.79 Å². The molecule has 2 aliphatic rings. The molecule has 0 radical (unpaired) electrons. The Balaban J connectivity index is 1.57. The standard InChI is InChI=1S/C30H46N6O3/c1-8-22-18-25(21(3)27(19-22)36(9-2)24-12-10-23(11-13-24)33(4)5)28(37)31-20-26-29(38-7)32-34(6)30(26)35-14-16-39-17-15-35/h8,18-19,23-24H,1,9-17,20H2,2-7H3,(H,31,37)/t23-,24-. The van der Waals surface area contributed by atoms with Crippen LogP contribution >= 0.6 is 0 Å². The fourth-order valence-corrected chi connectivity index (χ4v) is 6.17. The molecule has 1 amide bonds. The van der Waals surface area contributed by atoms with Crippen molar-refractivity contribution in [1.29, 1.82) is 0 Å². The number of aromatic nitrogens is 2. The number of hydrogen-bond donors (Lipinski definition) is 1. The van der Waals surface area contributed by atoms with E-state index < -0.39 is 0 Å². The Labute approximate surface area is 233 Å². The van der Waals surface area contributed by atoms with Gasteiger partial charge in [0.2, 0.25) is 5.88 Å². The van der Waals surface area contributed by atoms with Crippen LogP contribution in [0.15, 0.2) is 18.7 Å². The van der Waals surface area contributed by atoms with Crippen LogP contribution in [0.3, 0.4) is 0 Å². The maximum atomic E-state index is 13.7. The van der Waals surface area contributed by atoms with Gasteiger partial charge in [0.1, 0.15) is 5.82 Å². The minimum absolute atomic E-state index is 0.108. The number of aryl methyl sites for hydroxylation is 1. The number of nitrogens with zero attached hydrogens (tertiary/aromatic N) is 5. The third-order valence-electron chi connectivity index (χ3n) is 8.38. The molecule has 214 valence electrons. The molecule has 0 spiro atoms. The van der Waals surface area contributed by atoms with Gasteiger partial charge in [-0.2, -0.15) is 0 Å². The van der Waals surface area contributed by atoms with Gasteiger partial charge in [0, 0.05) is 50.0 Å². The zero-order chi connectivity index (χ0) is 28.1. The lowest BCUT2D eigenvalue weighted by Gasteiger charge is -2.40. The Morgan fingerprint density at radius 3 is 2.46 bits per heavy atom. The third-order valence-corrected chi connectivity index (χ3v) is 8.38. The zero-order valence-electron chi connectivity index (χ0n) is 24.6. The van der Waals surface area contributed by atoms with Gasteiger partial charge in [-0.3, -0.25) is 4.79 Å². The summed E-state index contributed by atoms with van der Waals surface area (Å²) in [6.07, 6.45) is 6.53. The monoisotopic (exact) mass is 538 g/mol. The van der Waals surface area contributed by atoms with Crippen molar-refractivity contribution in [2.24, 2.45) is 7.05 Å². The topological polar surface area (TPSA) is 75.1 Å². The Morgan fingerprint density at radius 1 is 1.21 bits per heavy atom. The summed E-state index contributed by atoms with van der Waals surface area (Å²) in [5.41, 5.74) is 4.64. The number of ether oxygens (including phenoxy) is 2. The molecule has 1 saturated carbocycles. The van der Waals surface area contributed by atoms with Crippen molar-refractivity contribution < 1.29 is 14.3 Å². The van der Waals surface area contributed by atoms with Crippen molar-refractivity contribution in [3.8, 4) is 5.88 Å². The molecule has 1 aromatic heterocycles.